The van der Waals surface area contributed by atoms with Crippen molar-refractivity contribution in [2.75, 3.05) is 11.5 Å². The summed E-state index contributed by atoms with van der Waals surface area (Å²) in [4.78, 5) is 14.5. The highest BCUT2D eigenvalue weighted by molar-refractivity contribution is 5.99. The number of anilines is 2. The number of nitrogens with zero attached hydrogens (tertiary/aromatic N) is 2. The predicted molar refractivity (Wildman–Crippen MR) is 123 cm³/mol. The van der Waals surface area contributed by atoms with Gasteiger partial charge in [-0.25, -0.2) is 4.79 Å². The summed E-state index contributed by atoms with van der Waals surface area (Å²) in [7, 11) is 0. The van der Waals surface area contributed by atoms with E-state index in [-0.39, 0.29) is 12.2 Å². The van der Waals surface area contributed by atoms with Crippen LogP contribution in [0.3, 0.4) is 0 Å². The molecular weight excluding hydrogens is 384 g/mol. The maximum atomic E-state index is 12.0. The molecule has 0 saturated heterocycles. The van der Waals surface area contributed by atoms with Crippen LogP contribution in [-0.4, -0.2) is 18.6 Å². The number of ether oxygens (including phenoxy) is 1. The Hall–Kier alpha value is -3.58. The minimum atomic E-state index is -0.568. The van der Waals surface area contributed by atoms with Crippen molar-refractivity contribution in [1.82, 2.24) is 0 Å². The van der Waals surface area contributed by atoms with Gasteiger partial charge in [0.25, 0.3) is 0 Å². The Labute approximate surface area is 182 Å². The fourth-order valence-electron chi connectivity index (χ4n) is 5.21. The van der Waals surface area contributed by atoms with Crippen molar-refractivity contribution in [2.45, 2.75) is 38.1 Å². The zero-order valence-corrected chi connectivity index (χ0v) is 17.5. The summed E-state index contributed by atoms with van der Waals surface area (Å²) in [6, 6.07) is 23.8. The van der Waals surface area contributed by atoms with Gasteiger partial charge in [-0.2, -0.15) is 5.26 Å². The monoisotopic (exact) mass is 408 g/mol. The Morgan fingerprint density at radius 3 is 2.81 bits per heavy atom. The molecule has 1 heterocycles. The Morgan fingerprint density at radius 2 is 1.97 bits per heavy atom. The Morgan fingerprint density at radius 1 is 1.13 bits per heavy atom. The molecule has 0 amide bonds. The van der Waals surface area contributed by atoms with Crippen molar-refractivity contribution in [2.24, 2.45) is 0 Å². The molecule has 0 spiro atoms. The second-order valence-electron chi connectivity index (χ2n) is 8.18. The molecule has 2 atom stereocenters. The molecule has 3 aromatic carbocycles. The van der Waals surface area contributed by atoms with Gasteiger partial charge in [-0.15, -0.1) is 0 Å². The third-order valence-electron chi connectivity index (χ3n) is 6.47. The van der Waals surface area contributed by atoms with Crippen LogP contribution >= 0.6 is 0 Å². The SMILES string of the molecule is CCOC(=O)/C(C#N)=C/c1ccc2c(c1)C1CCCC1N2c1cccc2ccccc12. The fourth-order valence-corrected chi connectivity index (χ4v) is 5.21. The normalized spacial score (nSPS) is 19.7. The molecular formula is C27H24N2O2. The van der Waals surface area contributed by atoms with Crippen molar-refractivity contribution >= 4 is 34.2 Å². The molecule has 31 heavy (non-hydrogen) atoms. The molecule has 0 N–H and O–H groups in total. The topological polar surface area (TPSA) is 53.3 Å². The van der Waals surface area contributed by atoms with Crippen LogP contribution in [0.1, 0.15) is 43.2 Å². The van der Waals surface area contributed by atoms with Crippen LogP contribution in [0, 0.1) is 11.3 Å². The summed E-state index contributed by atoms with van der Waals surface area (Å²) in [5.41, 5.74) is 4.70. The molecule has 4 heteroatoms. The van der Waals surface area contributed by atoms with Gasteiger partial charge in [0, 0.05) is 28.7 Å². The lowest BCUT2D eigenvalue weighted by atomic mass is 9.95. The summed E-state index contributed by atoms with van der Waals surface area (Å²) in [6.07, 6.45) is 5.18. The molecule has 5 rings (SSSR count). The van der Waals surface area contributed by atoms with E-state index in [1.165, 1.54) is 40.6 Å². The van der Waals surface area contributed by atoms with E-state index in [4.69, 9.17) is 4.74 Å². The maximum Gasteiger partial charge on any atom is 0.348 e. The predicted octanol–water partition coefficient (Wildman–Crippen LogP) is 6.10. The summed E-state index contributed by atoms with van der Waals surface area (Å²) >= 11 is 0. The lowest BCUT2D eigenvalue weighted by Gasteiger charge is -2.28. The first-order valence-electron chi connectivity index (χ1n) is 10.9. The number of rotatable bonds is 4. The van der Waals surface area contributed by atoms with Gasteiger partial charge in [0.2, 0.25) is 0 Å². The van der Waals surface area contributed by atoms with Crippen LogP contribution in [0.25, 0.3) is 16.8 Å². The molecule has 0 aromatic heterocycles. The third kappa shape index (κ3) is 3.27. The van der Waals surface area contributed by atoms with Gasteiger partial charge in [-0.3, -0.25) is 0 Å². The smallest absolute Gasteiger partial charge is 0.348 e. The van der Waals surface area contributed by atoms with E-state index in [1.54, 1.807) is 13.0 Å². The number of carbonyl (C=O) groups is 1. The van der Waals surface area contributed by atoms with Crippen LogP contribution in [-0.2, 0) is 9.53 Å². The molecule has 4 nitrogen and oxygen atoms in total. The number of hydrogen-bond donors (Lipinski definition) is 0. The largest absolute Gasteiger partial charge is 0.462 e. The number of benzene rings is 3. The number of carbonyl (C=O) groups excluding carboxylic acids is 1. The first-order valence-corrected chi connectivity index (χ1v) is 10.9. The van der Waals surface area contributed by atoms with Crippen molar-refractivity contribution in [1.29, 1.82) is 5.26 Å². The standard InChI is InChI=1S/C27H24N2O2/c1-2-31-27(30)20(17-28)15-18-13-14-26-23(16-18)22-10-6-12-25(22)29(26)24-11-5-8-19-7-3-4-9-21(19)24/h3-5,7-9,11,13-16,22,25H,2,6,10,12H2,1H3/b20-15+. The number of esters is 1. The summed E-state index contributed by atoms with van der Waals surface area (Å²) in [5.74, 6) is -0.0999. The van der Waals surface area contributed by atoms with Crippen LogP contribution in [0.4, 0.5) is 11.4 Å². The first-order chi connectivity index (χ1) is 15.2. The molecule has 1 fully saturated rings. The maximum absolute atomic E-state index is 12.0. The fraction of sp³-hybridized carbons (Fsp3) is 0.259. The second-order valence-corrected chi connectivity index (χ2v) is 8.18. The second kappa shape index (κ2) is 7.92. The van der Waals surface area contributed by atoms with Crippen LogP contribution < -0.4 is 4.90 Å². The lowest BCUT2D eigenvalue weighted by Crippen LogP contribution is -2.26. The highest BCUT2D eigenvalue weighted by Crippen LogP contribution is 2.53. The van der Waals surface area contributed by atoms with Gasteiger partial charge in [0.1, 0.15) is 11.6 Å². The number of nitriles is 1. The van der Waals surface area contributed by atoms with Gasteiger partial charge in [-0.05, 0) is 60.6 Å². The molecule has 0 bridgehead atoms. The summed E-state index contributed by atoms with van der Waals surface area (Å²) in [6.45, 7) is 2.00. The van der Waals surface area contributed by atoms with Gasteiger partial charge in [0.05, 0.1) is 6.61 Å². The molecule has 154 valence electrons. The van der Waals surface area contributed by atoms with Crippen molar-refractivity contribution in [3.8, 4) is 6.07 Å². The zero-order chi connectivity index (χ0) is 21.4. The van der Waals surface area contributed by atoms with E-state index in [0.717, 1.165) is 12.0 Å². The van der Waals surface area contributed by atoms with Crippen LogP contribution in [0.15, 0.2) is 66.2 Å². The van der Waals surface area contributed by atoms with Crippen LogP contribution in [0.5, 0.6) is 0 Å². The van der Waals surface area contributed by atoms with E-state index < -0.39 is 5.97 Å². The Kier molecular flexibility index (Phi) is 4.95. The Balaban J connectivity index is 1.60. The van der Waals surface area contributed by atoms with Crippen molar-refractivity contribution in [3.63, 3.8) is 0 Å². The third-order valence-corrected chi connectivity index (χ3v) is 6.47. The van der Waals surface area contributed by atoms with Crippen molar-refractivity contribution in [3.05, 3.63) is 77.4 Å². The first kappa shape index (κ1) is 19.4. The average Bonchev–Trinajstić information content (AvgIpc) is 3.38. The molecule has 1 aliphatic heterocycles. The van der Waals surface area contributed by atoms with Gasteiger partial charge >= 0.3 is 5.97 Å². The van der Waals surface area contributed by atoms with Crippen LogP contribution in [0.2, 0.25) is 0 Å². The lowest BCUT2D eigenvalue weighted by molar-refractivity contribution is -0.137. The van der Waals surface area contributed by atoms with Gasteiger partial charge in [-0.1, -0.05) is 48.9 Å². The van der Waals surface area contributed by atoms with E-state index in [1.807, 2.05) is 12.1 Å². The van der Waals surface area contributed by atoms with Gasteiger partial charge < -0.3 is 9.64 Å². The number of hydrogen-bond acceptors (Lipinski definition) is 4. The highest BCUT2D eigenvalue weighted by Gasteiger charge is 2.42. The quantitative estimate of drug-likeness (QED) is 0.297. The number of fused-ring (bicyclic) bond motifs is 4. The minimum Gasteiger partial charge on any atom is -0.462 e. The molecule has 2 unspecified atom stereocenters. The summed E-state index contributed by atoms with van der Waals surface area (Å²) < 4.78 is 5.01. The molecule has 1 aliphatic carbocycles. The average molecular weight is 409 g/mol. The highest BCUT2D eigenvalue weighted by atomic mass is 16.5. The summed E-state index contributed by atoms with van der Waals surface area (Å²) in [5, 5.41) is 11.9. The van der Waals surface area contributed by atoms with E-state index in [2.05, 4.69) is 59.5 Å². The molecule has 2 aliphatic rings. The van der Waals surface area contributed by atoms with Crippen molar-refractivity contribution < 1.29 is 9.53 Å². The molecule has 1 saturated carbocycles. The van der Waals surface area contributed by atoms with Gasteiger partial charge in [0.15, 0.2) is 0 Å². The van der Waals surface area contributed by atoms with E-state index in [9.17, 15) is 10.1 Å². The van der Waals surface area contributed by atoms with E-state index in [0.29, 0.717) is 12.0 Å². The zero-order valence-electron chi connectivity index (χ0n) is 17.5. The molecule has 3 aromatic rings. The Bertz CT molecular complexity index is 1230. The minimum absolute atomic E-state index is 0.0358. The van der Waals surface area contributed by atoms with E-state index >= 15 is 0 Å². The molecule has 0 radical (unpaired) electrons.